The highest BCUT2D eigenvalue weighted by Gasteiger charge is 2.44. The van der Waals surface area contributed by atoms with E-state index in [0.717, 1.165) is 21.7 Å². The molecule has 0 radical (unpaired) electrons. The number of ether oxygens (including phenoxy) is 1. The summed E-state index contributed by atoms with van der Waals surface area (Å²) in [5.74, 6) is -0.781. The van der Waals surface area contributed by atoms with Gasteiger partial charge in [-0.15, -0.1) is 11.3 Å². The molecule has 9 nitrogen and oxygen atoms in total. The minimum Gasteiger partial charge on any atom is -0.444 e. The standard InChI is InChI=1S/C27H38N4O5S/c1-16-21(37-15-29-16)18-10-8-17(9-11-18)13-28-23(33)20-12-19(32)14-31(20)24(34)22(26(2,3)4)30-25(35)36-27(5,6)7/h8-11,15,19-20,22,32H,12-14H2,1-7H3,(H,28,33)(H,30,35). The molecular weight excluding hydrogens is 492 g/mol. The number of hydrogen-bond donors (Lipinski definition) is 3. The Labute approximate surface area is 222 Å². The molecule has 37 heavy (non-hydrogen) atoms. The van der Waals surface area contributed by atoms with Gasteiger partial charge in [0, 0.05) is 19.5 Å². The highest BCUT2D eigenvalue weighted by Crippen LogP contribution is 2.28. The maximum Gasteiger partial charge on any atom is 0.408 e. The first-order valence-electron chi connectivity index (χ1n) is 12.4. The molecule has 1 fully saturated rings. The van der Waals surface area contributed by atoms with Crippen LogP contribution in [-0.4, -0.2) is 63.2 Å². The number of amides is 3. The number of aromatic nitrogens is 1. The molecule has 0 bridgehead atoms. The molecule has 202 valence electrons. The van der Waals surface area contributed by atoms with Gasteiger partial charge in [-0.3, -0.25) is 9.59 Å². The highest BCUT2D eigenvalue weighted by atomic mass is 32.1. The van der Waals surface area contributed by atoms with Crippen molar-refractivity contribution >= 4 is 29.2 Å². The molecule has 1 aromatic heterocycles. The second-order valence-corrected chi connectivity index (χ2v) is 12.4. The van der Waals surface area contributed by atoms with Crippen molar-refractivity contribution in [2.45, 2.75) is 85.2 Å². The fraction of sp³-hybridized carbons (Fsp3) is 0.556. The topological polar surface area (TPSA) is 121 Å². The summed E-state index contributed by atoms with van der Waals surface area (Å²) < 4.78 is 5.35. The van der Waals surface area contributed by atoms with Crippen LogP contribution in [0.4, 0.5) is 4.79 Å². The van der Waals surface area contributed by atoms with Crippen LogP contribution in [-0.2, 0) is 20.9 Å². The van der Waals surface area contributed by atoms with Crippen molar-refractivity contribution in [1.82, 2.24) is 20.5 Å². The van der Waals surface area contributed by atoms with Crippen LogP contribution in [0.15, 0.2) is 29.8 Å². The van der Waals surface area contributed by atoms with Gasteiger partial charge in [-0.1, -0.05) is 45.0 Å². The number of aliphatic hydroxyl groups is 1. The monoisotopic (exact) mass is 530 g/mol. The summed E-state index contributed by atoms with van der Waals surface area (Å²) >= 11 is 1.58. The quantitative estimate of drug-likeness (QED) is 0.525. The van der Waals surface area contributed by atoms with Crippen LogP contribution in [0.3, 0.4) is 0 Å². The van der Waals surface area contributed by atoms with E-state index in [1.807, 2.05) is 57.5 Å². The van der Waals surface area contributed by atoms with E-state index in [9.17, 15) is 19.5 Å². The molecule has 0 aliphatic carbocycles. The molecular formula is C27H38N4O5S. The van der Waals surface area contributed by atoms with Gasteiger partial charge in [0.25, 0.3) is 0 Å². The number of alkyl carbamates (subject to hydrolysis) is 1. The number of β-amino-alcohol motifs (C(OH)–C–C–N with tert-alkyl or cyclic N) is 1. The van der Waals surface area contributed by atoms with E-state index in [0.29, 0.717) is 0 Å². The lowest BCUT2D eigenvalue weighted by Crippen LogP contribution is -2.58. The first kappa shape index (κ1) is 28.6. The van der Waals surface area contributed by atoms with Crippen LogP contribution < -0.4 is 10.6 Å². The van der Waals surface area contributed by atoms with Crippen molar-refractivity contribution in [1.29, 1.82) is 0 Å². The van der Waals surface area contributed by atoms with Crippen LogP contribution in [0, 0.1) is 12.3 Å². The van der Waals surface area contributed by atoms with Gasteiger partial charge in [0.15, 0.2) is 0 Å². The minimum absolute atomic E-state index is 0.0163. The lowest BCUT2D eigenvalue weighted by Gasteiger charge is -2.35. The molecule has 3 rings (SSSR count). The zero-order chi connectivity index (χ0) is 27.5. The van der Waals surface area contributed by atoms with Gasteiger partial charge < -0.3 is 25.4 Å². The number of thiazole rings is 1. The minimum atomic E-state index is -0.939. The molecule has 2 aromatic rings. The largest absolute Gasteiger partial charge is 0.444 e. The van der Waals surface area contributed by atoms with E-state index in [1.165, 1.54) is 4.90 Å². The van der Waals surface area contributed by atoms with E-state index in [-0.39, 0.29) is 25.4 Å². The average molecular weight is 531 g/mol. The number of nitrogens with zero attached hydrogens (tertiary/aromatic N) is 2. The van der Waals surface area contributed by atoms with Crippen LogP contribution in [0.2, 0.25) is 0 Å². The Hall–Kier alpha value is -2.98. The highest BCUT2D eigenvalue weighted by molar-refractivity contribution is 7.13. The number of nitrogens with one attached hydrogen (secondary N) is 2. The summed E-state index contributed by atoms with van der Waals surface area (Å²) in [5.41, 5.74) is 3.40. The number of aryl methyl sites for hydroxylation is 1. The van der Waals surface area contributed by atoms with Gasteiger partial charge in [0.1, 0.15) is 17.7 Å². The lowest BCUT2D eigenvalue weighted by atomic mass is 9.85. The van der Waals surface area contributed by atoms with Crippen molar-refractivity contribution < 1.29 is 24.2 Å². The number of benzene rings is 1. The van der Waals surface area contributed by atoms with Crippen molar-refractivity contribution in [3.63, 3.8) is 0 Å². The molecule has 0 spiro atoms. The first-order valence-corrected chi connectivity index (χ1v) is 13.3. The predicted octanol–water partition coefficient (Wildman–Crippen LogP) is 3.64. The van der Waals surface area contributed by atoms with Crippen molar-refractivity contribution in [2.24, 2.45) is 5.41 Å². The number of aliphatic hydroxyl groups excluding tert-OH is 1. The number of carbonyl (C=O) groups excluding carboxylic acids is 3. The maximum absolute atomic E-state index is 13.6. The second-order valence-electron chi connectivity index (χ2n) is 11.5. The molecule has 10 heteroatoms. The van der Waals surface area contributed by atoms with Gasteiger partial charge in [-0.05, 0) is 44.2 Å². The summed E-state index contributed by atoms with van der Waals surface area (Å²) in [6.07, 6.45) is -1.41. The Kier molecular flexibility index (Phi) is 8.64. The fourth-order valence-corrected chi connectivity index (χ4v) is 5.02. The molecule has 1 aliphatic rings. The van der Waals surface area contributed by atoms with E-state index in [2.05, 4.69) is 15.6 Å². The second kappa shape index (κ2) is 11.2. The summed E-state index contributed by atoms with van der Waals surface area (Å²) in [4.78, 5) is 45.9. The number of rotatable bonds is 6. The Balaban J connectivity index is 1.68. The summed E-state index contributed by atoms with van der Waals surface area (Å²) in [5, 5.41) is 15.9. The smallest absolute Gasteiger partial charge is 0.408 e. The zero-order valence-electron chi connectivity index (χ0n) is 22.6. The van der Waals surface area contributed by atoms with Crippen molar-refractivity contribution in [3.05, 3.63) is 41.0 Å². The number of carbonyl (C=O) groups is 3. The normalized spacial score (nSPS) is 18.9. The Morgan fingerprint density at radius 3 is 2.35 bits per heavy atom. The third-order valence-corrected chi connectivity index (χ3v) is 7.04. The van der Waals surface area contributed by atoms with E-state index >= 15 is 0 Å². The van der Waals surface area contributed by atoms with Gasteiger partial charge in [0.2, 0.25) is 11.8 Å². The van der Waals surface area contributed by atoms with Crippen LogP contribution >= 0.6 is 11.3 Å². The third-order valence-electron chi connectivity index (χ3n) is 6.07. The van der Waals surface area contributed by atoms with E-state index < -0.39 is 41.2 Å². The molecule has 1 saturated heterocycles. The summed E-state index contributed by atoms with van der Waals surface area (Å²) in [7, 11) is 0. The molecule has 3 amide bonds. The Morgan fingerprint density at radius 1 is 1.16 bits per heavy atom. The lowest BCUT2D eigenvalue weighted by molar-refractivity contribution is -0.142. The number of likely N-dealkylation sites (tertiary alicyclic amines) is 1. The molecule has 1 aromatic carbocycles. The van der Waals surface area contributed by atoms with E-state index in [1.54, 1.807) is 32.1 Å². The fourth-order valence-electron chi connectivity index (χ4n) is 4.21. The van der Waals surface area contributed by atoms with Gasteiger partial charge in [-0.2, -0.15) is 0 Å². The SMILES string of the molecule is Cc1ncsc1-c1ccc(CNC(=O)C2CC(O)CN2C(=O)C(NC(=O)OC(C)(C)C)C(C)(C)C)cc1. The van der Waals surface area contributed by atoms with Crippen molar-refractivity contribution in [2.75, 3.05) is 6.54 Å². The third kappa shape index (κ3) is 7.52. The Bertz CT molecular complexity index is 1120. The first-order chi connectivity index (χ1) is 17.2. The van der Waals surface area contributed by atoms with Gasteiger partial charge >= 0.3 is 6.09 Å². The zero-order valence-corrected chi connectivity index (χ0v) is 23.4. The molecule has 0 saturated carbocycles. The predicted molar refractivity (Wildman–Crippen MR) is 143 cm³/mol. The van der Waals surface area contributed by atoms with Gasteiger partial charge in [-0.25, -0.2) is 9.78 Å². The van der Waals surface area contributed by atoms with Gasteiger partial charge in [0.05, 0.1) is 22.2 Å². The van der Waals surface area contributed by atoms with Crippen LogP contribution in [0.25, 0.3) is 10.4 Å². The molecule has 3 N–H and O–H groups in total. The van der Waals surface area contributed by atoms with E-state index in [4.69, 9.17) is 4.74 Å². The Morgan fingerprint density at radius 2 is 1.81 bits per heavy atom. The molecule has 2 heterocycles. The summed E-state index contributed by atoms with van der Waals surface area (Å²) in [6, 6.07) is 6.10. The summed E-state index contributed by atoms with van der Waals surface area (Å²) in [6.45, 7) is 13.0. The van der Waals surface area contributed by atoms with Crippen molar-refractivity contribution in [3.8, 4) is 10.4 Å². The average Bonchev–Trinajstić information content (AvgIpc) is 3.39. The number of hydrogen-bond acceptors (Lipinski definition) is 7. The maximum atomic E-state index is 13.6. The molecule has 3 unspecified atom stereocenters. The molecule has 1 aliphatic heterocycles. The molecule has 3 atom stereocenters. The van der Waals surface area contributed by atoms with Crippen LogP contribution in [0.1, 0.15) is 59.2 Å². The van der Waals surface area contributed by atoms with Crippen LogP contribution in [0.5, 0.6) is 0 Å².